The highest BCUT2D eigenvalue weighted by molar-refractivity contribution is 9.08. The highest BCUT2D eigenvalue weighted by atomic mass is 79.9. The summed E-state index contributed by atoms with van der Waals surface area (Å²) in [6.07, 6.45) is -12.8. The lowest BCUT2D eigenvalue weighted by molar-refractivity contribution is -0.217. The van der Waals surface area contributed by atoms with Crippen molar-refractivity contribution in [1.29, 1.82) is 0 Å². The van der Waals surface area contributed by atoms with Crippen LogP contribution in [-0.4, -0.2) is 66.3 Å². The molecule has 15 heteroatoms. The maximum atomic E-state index is 12.5. The molecule has 0 aromatic heterocycles. The molecule has 0 aliphatic carbocycles. The van der Waals surface area contributed by atoms with Crippen LogP contribution in [0, 0.1) is 0 Å². The Morgan fingerprint density at radius 3 is 1.34 bits per heavy atom. The molecule has 0 unspecified atom stereocenters. The van der Waals surface area contributed by atoms with E-state index in [4.69, 9.17) is 28.5 Å². The van der Waals surface area contributed by atoms with Crippen molar-refractivity contribution in [1.82, 2.24) is 0 Å². The maximum absolute atomic E-state index is 12.5. The molecule has 0 bridgehead atoms. The van der Waals surface area contributed by atoms with Crippen molar-refractivity contribution in [2.45, 2.75) is 128 Å². The van der Waals surface area contributed by atoms with Gasteiger partial charge in [-0.25, -0.2) is 0 Å². The van der Waals surface area contributed by atoms with Crippen LogP contribution in [0.5, 0.6) is 0 Å². The smallest absolute Gasteiger partial charge is 0.399 e. The number of hydrogen-bond donors (Lipinski definition) is 1. The van der Waals surface area contributed by atoms with Crippen LogP contribution in [-0.2, 0) is 35.3 Å². The third-order valence-electron chi connectivity index (χ3n) is 8.54. The van der Waals surface area contributed by atoms with E-state index in [0.717, 1.165) is 23.2 Å². The Hall–Kier alpha value is -1.61. The normalized spacial score (nSPS) is 20.9. The molecule has 47 heavy (non-hydrogen) atoms. The zero-order valence-corrected chi connectivity index (χ0v) is 30.1. The van der Waals surface area contributed by atoms with Gasteiger partial charge in [0, 0.05) is 5.33 Å². The van der Waals surface area contributed by atoms with Crippen molar-refractivity contribution in [3.8, 4) is 0 Å². The quantitative estimate of drug-likeness (QED) is 0.191. The van der Waals surface area contributed by atoms with Crippen molar-refractivity contribution in [2.24, 2.45) is 0 Å². The highest BCUT2D eigenvalue weighted by Crippen LogP contribution is 2.37. The Bertz CT molecular complexity index is 1270. The standard InChI is InChI=1S/C16H22BF3O3.C13H18BBrO2.C3H5F3O/c1-11(16(18,19)20)21-10-12-7-6-8-13(9-12)17-22-14(2,3)15(4,5)23-17;1-12(2)13(3,4)17-14(16-12)11-7-5-6-10(8-11)9-15;1-2(7)3(4,5)6/h6-9,11H,10H2,1-5H3;5-8H,9H2,1-4H3;2,7H,1H3/t11-;;2-/m1.1/s1. The van der Waals surface area contributed by atoms with E-state index in [1.165, 1.54) is 5.56 Å². The van der Waals surface area contributed by atoms with Gasteiger partial charge in [-0.15, -0.1) is 0 Å². The predicted octanol–water partition coefficient (Wildman–Crippen LogP) is 7.26. The minimum absolute atomic E-state index is 0.117. The summed E-state index contributed by atoms with van der Waals surface area (Å²) in [5, 5.41) is 8.61. The Morgan fingerprint density at radius 1 is 0.681 bits per heavy atom. The zero-order valence-electron chi connectivity index (χ0n) is 28.5. The third-order valence-corrected chi connectivity index (χ3v) is 9.19. The minimum atomic E-state index is -4.44. The summed E-state index contributed by atoms with van der Waals surface area (Å²) in [6, 6.07) is 15.4. The van der Waals surface area contributed by atoms with E-state index >= 15 is 0 Å². The lowest BCUT2D eigenvalue weighted by Crippen LogP contribution is -2.41. The van der Waals surface area contributed by atoms with Gasteiger partial charge in [0.15, 0.2) is 6.10 Å². The summed E-state index contributed by atoms with van der Waals surface area (Å²) in [5.74, 6) is 0. The van der Waals surface area contributed by atoms with Crippen molar-refractivity contribution in [2.75, 3.05) is 0 Å². The Kier molecular flexibility index (Phi) is 13.7. The average Bonchev–Trinajstić information content (AvgIpc) is 3.31. The fourth-order valence-corrected chi connectivity index (χ4v) is 4.28. The van der Waals surface area contributed by atoms with Crippen molar-refractivity contribution in [3.63, 3.8) is 0 Å². The van der Waals surface area contributed by atoms with Crippen LogP contribution >= 0.6 is 15.9 Å². The SMILES string of the molecule is CC1(C)OB(c2cccc(CBr)c2)OC1(C)C.C[C@@H](O)C(F)(F)F.C[C@@H](OCc1cccc(B2OC(C)(C)C(C)(C)O2)c1)C(F)(F)F. The number of alkyl halides is 7. The van der Waals surface area contributed by atoms with Crippen LogP contribution in [0.25, 0.3) is 0 Å². The summed E-state index contributed by atoms with van der Waals surface area (Å²) in [4.78, 5) is 0. The van der Waals surface area contributed by atoms with Crippen molar-refractivity contribution >= 4 is 41.1 Å². The second-order valence-electron chi connectivity index (χ2n) is 13.5. The first-order valence-electron chi connectivity index (χ1n) is 15.1. The van der Waals surface area contributed by atoms with Crippen LogP contribution in [0.15, 0.2) is 48.5 Å². The molecule has 2 fully saturated rings. The summed E-state index contributed by atoms with van der Waals surface area (Å²) >= 11 is 3.46. The van der Waals surface area contributed by atoms with E-state index < -0.39 is 42.9 Å². The first-order chi connectivity index (χ1) is 21.2. The number of hydrogen-bond acceptors (Lipinski definition) is 6. The van der Waals surface area contributed by atoms with Gasteiger partial charge in [0.2, 0.25) is 0 Å². The van der Waals surface area contributed by atoms with Crippen LogP contribution in [0.4, 0.5) is 26.3 Å². The Morgan fingerprint density at radius 2 is 1.02 bits per heavy atom. The molecule has 1 N–H and O–H groups in total. The van der Waals surface area contributed by atoms with Crippen LogP contribution in [0.3, 0.4) is 0 Å². The number of aliphatic hydroxyl groups is 1. The second-order valence-corrected chi connectivity index (χ2v) is 14.1. The largest absolute Gasteiger partial charge is 0.494 e. The minimum Gasteiger partial charge on any atom is -0.399 e. The third kappa shape index (κ3) is 11.5. The molecule has 264 valence electrons. The molecule has 2 saturated heterocycles. The van der Waals surface area contributed by atoms with Crippen LogP contribution in [0.1, 0.15) is 80.4 Å². The van der Waals surface area contributed by atoms with Crippen molar-refractivity contribution in [3.05, 3.63) is 59.7 Å². The van der Waals surface area contributed by atoms with Gasteiger partial charge in [0.05, 0.1) is 29.0 Å². The van der Waals surface area contributed by atoms with E-state index in [1.807, 2.05) is 45.9 Å². The Labute approximate surface area is 283 Å². The fraction of sp³-hybridized carbons (Fsp3) is 0.625. The van der Waals surface area contributed by atoms with Gasteiger partial charge in [-0.05, 0) is 91.3 Å². The second kappa shape index (κ2) is 15.5. The van der Waals surface area contributed by atoms with Gasteiger partial charge in [-0.3, -0.25) is 0 Å². The van der Waals surface area contributed by atoms with Crippen LogP contribution < -0.4 is 10.9 Å². The number of ether oxygens (including phenoxy) is 1. The molecule has 2 heterocycles. The average molecular weight is 741 g/mol. The molecule has 2 atom stereocenters. The zero-order chi connectivity index (χ0) is 36.2. The molecule has 2 aliphatic heterocycles. The molecule has 2 aromatic carbocycles. The molecule has 0 radical (unpaired) electrons. The maximum Gasteiger partial charge on any atom is 0.494 e. The van der Waals surface area contributed by atoms with Gasteiger partial charge in [-0.2, -0.15) is 26.3 Å². The predicted molar refractivity (Wildman–Crippen MR) is 175 cm³/mol. The summed E-state index contributed by atoms with van der Waals surface area (Å²) in [7, 11) is -0.806. The van der Waals surface area contributed by atoms with Crippen LogP contribution in [0.2, 0.25) is 0 Å². The number of benzene rings is 2. The Balaban J connectivity index is 0.000000280. The van der Waals surface area contributed by atoms with Crippen molar-refractivity contribution < 1.29 is 54.8 Å². The van der Waals surface area contributed by atoms with Gasteiger partial charge in [-0.1, -0.05) is 64.5 Å². The molecular weight excluding hydrogens is 696 g/mol. The van der Waals surface area contributed by atoms with Gasteiger partial charge in [0.1, 0.15) is 6.10 Å². The molecular formula is C32H45B2BrF6O6. The molecule has 6 nitrogen and oxygen atoms in total. The molecule has 0 saturated carbocycles. The van der Waals surface area contributed by atoms with E-state index in [-0.39, 0.29) is 24.9 Å². The summed E-state index contributed by atoms with van der Waals surface area (Å²) < 4.78 is 99.0. The topological polar surface area (TPSA) is 66.4 Å². The van der Waals surface area contributed by atoms with E-state index in [0.29, 0.717) is 12.5 Å². The first kappa shape index (κ1) is 41.6. The fourth-order valence-electron chi connectivity index (χ4n) is 3.93. The van der Waals surface area contributed by atoms with Gasteiger partial charge >= 0.3 is 26.6 Å². The van der Waals surface area contributed by atoms with E-state index in [2.05, 4.69) is 55.8 Å². The molecule has 2 aliphatic rings. The summed E-state index contributed by atoms with van der Waals surface area (Å²) in [6.45, 7) is 17.6. The number of rotatable bonds is 6. The molecule has 2 aromatic rings. The lowest BCUT2D eigenvalue weighted by atomic mass is 9.78. The first-order valence-corrected chi connectivity index (χ1v) is 16.2. The monoisotopic (exact) mass is 740 g/mol. The van der Waals surface area contributed by atoms with E-state index in [1.54, 1.807) is 18.2 Å². The molecule has 0 spiro atoms. The molecule has 0 amide bonds. The molecule has 4 rings (SSSR count). The lowest BCUT2D eigenvalue weighted by Gasteiger charge is -2.32. The van der Waals surface area contributed by atoms with Gasteiger partial charge < -0.3 is 28.5 Å². The van der Waals surface area contributed by atoms with E-state index in [9.17, 15) is 26.3 Å². The number of halogens is 7. The van der Waals surface area contributed by atoms with Gasteiger partial charge in [0.25, 0.3) is 0 Å². The summed E-state index contributed by atoms with van der Waals surface area (Å²) in [5.41, 5.74) is 2.25. The highest BCUT2D eigenvalue weighted by Gasteiger charge is 2.52. The number of aliphatic hydroxyl groups excluding tert-OH is 1.